The first kappa shape index (κ1) is 12.8. The lowest BCUT2D eigenvalue weighted by Gasteiger charge is -2.34. The fourth-order valence-corrected chi connectivity index (χ4v) is 4.19. The predicted molar refractivity (Wildman–Crippen MR) is 73.4 cm³/mol. The minimum Gasteiger partial charge on any atom is -0.330 e. The highest BCUT2D eigenvalue weighted by Crippen LogP contribution is 2.37. The highest BCUT2D eigenvalue weighted by atomic mass is 32.2. The van der Waals surface area contributed by atoms with Gasteiger partial charge in [0.05, 0.1) is 0 Å². The topological polar surface area (TPSA) is 43.1 Å². The third-order valence-corrected chi connectivity index (χ3v) is 5.36. The maximum Gasteiger partial charge on any atom is 0.0391 e. The Bertz CT molecular complexity index is 379. The Hall–Kier alpha value is -0.670. The summed E-state index contributed by atoms with van der Waals surface area (Å²) in [5, 5.41) is 0.277. The van der Waals surface area contributed by atoms with Crippen LogP contribution in [0.5, 0.6) is 0 Å². The lowest BCUT2D eigenvalue weighted by molar-refractivity contribution is 0.339. The summed E-state index contributed by atoms with van der Waals surface area (Å²) in [4.78, 5) is 0. The molecule has 94 valence electrons. The molecule has 4 atom stereocenters. The van der Waals surface area contributed by atoms with E-state index in [1.54, 1.807) is 0 Å². The Morgan fingerprint density at radius 1 is 1.29 bits per heavy atom. The van der Waals surface area contributed by atoms with E-state index in [-0.39, 0.29) is 5.25 Å². The molecule has 0 aliphatic heterocycles. The van der Waals surface area contributed by atoms with Crippen molar-refractivity contribution in [3.05, 3.63) is 35.9 Å². The normalized spacial score (nSPS) is 31.1. The van der Waals surface area contributed by atoms with Crippen LogP contribution >= 0.6 is 0 Å². The standard InChI is InChI=1S/C14H21NOS/c1-17(16)14-9-12(7-8-13(14)10-15)11-5-3-2-4-6-11/h2-6,12-14H,7-10,15H2,1H3. The highest BCUT2D eigenvalue weighted by Gasteiger charge is 2.32. The van der Waals surface area contributed by atoms with Crippen molar-refractivity contribution in [3.63, 3.8) is 0 Å². The van der Waals surface area contributed by atoms with E-state index in [0.29, 0.717) is 18.4 Å². The zero-order chi connectivity index (χ0) is 12.3. The van der Waals surface area contributed by atoms with E-state index in [4.69, 9.17) is 5.73 Å². The molecule has 0 saturated heterocycles. The summed E-state index contributed by atoms with van der Waals surface area (Å²) in [7, 11) is -0.756. The second kappa shape index (κ2) is 5.78. The van der Waals surface area contributed by atoms with Crippen LogP contribution in [0.3, 0.4) is 0 Å². The molecule has 2 nitrogen and oxygen atoms in total. The fraction of sp³-hybridized carbons (Fsp3) is 0.571. The SMILES string of the molecule is CS(=O)C1CC(c2ccccc2)CCC1CN. The van der Waals surface area contributed by atoms with Crippen molar-refractivity contribution >= 4 is 10.8 Å². The Balaban J connectivity index is 2.11. The zero-order valence-corrected chi connectivity index (χ0v) is 11.2. The second-order valence-corrected chi connectivity index (χ2v) is 6.56. The Morgan fingerprint density at radius 3 is 2.59 bits per heavy atom. The number of rotatable bonds is 3. The van der Waals surface area contributed by atoms with Crippen LogP contribution in [0.2, 0.25) is 0 Å². The summed E-state index contributed by atoms with van der Waals surface area (Å²) in [5.41, 5.74) is 7.17. The molecule has 1 aromatic carbocycles. The molecule has 0 radical (unpaired) electrons. The van der Waals surface area contributed by atoms with Crippen LogP contribution in [0.4, 0.5) is 0 Å². The van der Waals surface area contributed by atoms with Gasteiger partial charge in [-0.25, -0.2) is 0 Å². The molecule has 0 aromatic heterocycles. The molecule has 1 aliphatic carbocycles. The van der Waals surface area contributed by atoms with Crippen molar-refractivity contribution in [2.45, 2.75) is 30.4 Å². The summed E-state index contributed by atoms with van der Waals surface area (Å²) in [5.74, 6) is 1.01. The molecule has 17 heavy (non-hydrogen) atoms. The van der Waals surface area contributed by atoms with Gasteiger partial charge in [-0.1, -0.05) is 30.3 Å². The van der Waals surface area contributed by atoms with Crippen molar-refractivity contribution in [2.24, 2.45) is 11.7 Å². The molecular formula is C14H21NOS. The first-order valence-electron chi connectivity index (χ1n) is 6.29. The van der Waals surface area contributed by atoms with Crippen LogP contribution in [0.25, 0.3) is 0 Å². The highest BCUT2D eigenvalue weighted by molar-refractivity contribution is 7.84. The van der Waals surface area contributed by atoms with Crippen molar-refractivity contribution in [3.8, 4) is 0 Å². The molecule has 1 saturated carbocycles. The predicted octanol–water partition coefficient (Wildman–Crippen LogP) is 2.28. The van der Waals surface area contributed by atoms with Gasteiger partial charge in [0.2, 0.25) is 0 Å². The van der Waals surface area contributed by atoms with Crippen LogP contribution in [0.1, 0.15) is 30.7 Å². The fourth-order valence-electron chi connectivity index (χ4n) is 2.90. The maximum absolute atomic E-state index is 11.8. The number of hydrogen-bond donors (Lipinski definition) is 1. The van der Waals surface area contributed by atoms with Crippen LogP contribution < -0.4 is 5.73 Å². The first-order valence-corrected chi connectivity index (χ1v) is 7.91. The van der Waals surface area contributed by atoms with Gasteiger partial charge in [0.25, 0.3) is 0 Å². The first-order chi connectivity index (χ1) is 8.22. The molecule has 2 N–H and O–H groups in total. The van der Waals surface area contributed by atoms with Crippen molar-refractivity contribution in [1.82, 2.24) is 0 Å². The van der Waals surface area contributed by atoms with E-state index in [9.17, 15) is 4.21 Å². The van der Waals surface area contributed by atoms with Gasteiger partial charge in [-0.2, -0.15) is 0 Å². The molecule has 3 heteroatoms. The van der Waals surface area contributed by atoms with E-state index in [0.717, 1.165) is 12.8 Å². The van der Waals surface area contributed by atoms with Gasteiger partial charge in [-0.3, -0.25) is 4.21 Å². The molecule has 0 spiro atoms. The number of benzene rings is 1. The van der Waals surface area contributed by atoms with Gasteiger partial charge >= 0.3 is 0 Å². The molecule has 0 bridgehead atoms. The minimum absolute atomic E-state index is 0.277. The molecule has 2 rings (SSSR count). The molecule has 4 unspecified atom stereocenters. The number of nitrogens with two attached hydrogens (primary N) is 1. The van der Waals surface area contributed by atoms with Crippen LogP contribution in [0.15, 0.2) is 30.3 Å². The van der Waals surface area contributed by atoms with Crippen molar-refractivity contribution < 1.29 is 4.21 Å². The average Bonchev–Trinajstić information content (AvgIpc) is 2.39. The molecule has 0 amide bonds. The summed E-state index contributed by atoms with van der Waals surface area (Å²) < 4.78 is 11.8. The van der Waals surface area contributed by atoms with E-state index in [2.05, 4.69) is 24.3 Å². The van der Waals surface area contributed by atoms with Gasteiger partial charge in [0.1, 0.15) is 0 Å². The van der Waals surface area contributed by atoms with E-state index in [1.165, 1.54) is 12.0 Å². The van der Waals surface area contributed by atoms with Crippen LogP contribution in [-0.2, 0) is 10.8 Å². The minimum atomic E-state index is -0.756. The van der Waals surface area contributed by atoms with E-state index in [1.807, 2.05) is 12.3 Å². The van der Waals surface area contributed by atoms with Gasteiger partial charge in [0, 0.05) is 22.3 Å². The van der Waals surface area contributed by atoms with E-state index >= 15 is 0 Å². The van der Waals surface area contributed by atoms with Crippen molar-refractivity contribution in [2.75, 3.05) is 12.8 Å². The summed E-state index contributed by atoms with van der Waals surface area (Å²) in [6, 6.07) is 10.6. The lowest BCUT2D eigenvalue weighted by atomic mass is 9.78. The Morgan fingerprint density at radius 2 is 2.00 bits per heavy atom. The second-order valence-electron chi connectivity index (χ2n) is 4.95. The maximum atomic E-state index is 11.8. The monoisotopic (exact) mass is 251 g/mol. The van der Waals surface area contributed by atoms with Gasteiger partial charge in [-0.15, -0.1) is 0 Å². The molecule has 1 aromatic rings. The molecule has 1 fully saturated rings. The van der Waals surface area contributed by atoms with Gasteiger partial charge < -0.3 is 5.73 Å². The summed E-state index contributed by atoms with van der Waals surface area (Å²) >= 11 is 0. The quantitative estimate of drug-likeness (QED) is 0.895. The largest absolute Gasteiger partial charge is 0.330 e. The van der Waals surface area contributed by atoms with Crippen LogP contribution in [-0.4, -0.2) is 22.3 Å². The summed E-state index contributed by atoms with van der Waals surface area (Å²) in [6.07, 6.45) is 5.13. The lowest BCUT2D eigenvalue weighted by Crippen LogP contribution is -2.36. The van der Waals surface area contributed by atoms with E-state index < -0.39 is 10.8 Å². The average molecular weight is 251 g/mol. The number of hydrogen-bond acceptors (Lipinski definition) is 2. The molecule has 0 heterocycles. The molecular weight excluding hydrogens is 230 g/mol. The van der Waals surface area contributed by atoms with Crippen LogP contribution in [0, 0.1) is 5.92 Å². The third-order valence-electron chi connectivity index (χ3n) is 3.93. The zero-order valence-electron chi connectivity index (χ0n) is 10.3. The van der Waals surface area contributed by atoms with Crippen molar-refractivity contribution in [1.29, 1.82) is 0 Å². The smallest absolute Gasteiger partial charge is 0.0391 e. The third kappa shape index (κ3) is 2.96. The Kier molecular flexibility index (Phi) is 4.35. The van der Waals surface area contributed by atoms with Gasteiger partial charge in [-0.05, 0) is 43.2 Å². The Labute approximate surface area is 106 Å². The summed E-state index contributed by atoms with van der Waals surface area (Å²) in [6.45, 7) is 0.672. The van der Waals surface area contributed by atoms with Gasteiger partial charge in [0.15, 0.2) is 0 Å². The molecule has 1 aliphatic rings.